The molecule has 1 N–H and O–H groups in total. The first-order valence-electron chi connectivity index (χ1n) is 8.90. The molecular formula is C19H25N3O3. The normalized spacial score (nSPS) is 19.4. The number of nitrogens with one attached hydrogen (secondary N) is 1. The van der Waals surface area contributed by atoms with Crippen LogP contribution >= 0.6 is 0 Å². The lowest BCUT2D eigenvalue weighted by atomic mass is 10.0. The molecule has 1 saturated carbocycles. The molecule has 1 saturated heterocycles. The number of hydrogen-bond acceptors (Lipinski definition) is 4. The predicted molar refractivity (Wildman–Crippen MR) is 95.4 cm³/mol. The number of likely N-dealkylation sites (N-methyl/N-ethyl adjacent to an activating group) is 1. The Bertz CT molecular complexity index is 672. The molecule has 1 aliphatic carbocycles. The number of ketones is 1. The summed E-state index contributed by atoms with van der Waals surface area (Å²) in [6.07, 6.45) is 1.22. The summed E-state index contributed by atoms with van der Waals surface area (Å²) in [5.41, 5.74) is 0.321. The molecule has 2 amide bonds. The number of rotatable bonds is 5. The van der Waals surface area contributed by atoms with Gasteiger partial charge < -0.3 is 15.1 Å². The molecule has 0 atom stereocenters. The molecule has 1 heterocycles. The first kappa shape index (κ1) is 17.6. The quantitative estimate of drug-likeness (QED) is 0.653. The maximum Gasteiger partial charge on any atom is 0.240 e. The Morgan fingerprint density at radius 1 is 1.04 bits per heavy atom. The number of Topliss-reactive ketones (excluding diaryl/α,β-unsaturated/α-hetero) is 1. The van der Waals surface area contributed by atoms with E-state index < -0.39 is 5.41 Å². The third-order valence-electron chi connectivity index (χ3n) is 5.25. The fourth-order valence-corrected chi connectivity index (χ4v) is 3.27. The van der Waals surface area contributed by atoms with Gasteiger partial charge in [-0.15, -0.1) is 0 Å². The number of carbonyl (C=O) groups is 3. The zero-order chi connectivity index (χ0) is 18.0. The average molecular weight is 343 g/mol. The average Bonchev–Trinajstić information content (AvgIpc) is 3.43. The van der Waals surface area contributed by atoms with Crippen molar-refractivity contribution in [3.63, 3.8) is 0 Å². The highest BCUT2D eigenvalue weighted by atomic mass is 16.2. The Hall–Kier alpha value is -2.21. The molecule has 1 aliphatic heterocycles. The van der Waals surface area contributed by atoms with Gasteiger partial charge >= 0.3 is 0 Å². The molecule has 0 spiro atoms. The highest BCUT2D eigenvalue weighted by Gasteiger charge is 2.58. The molecule has 134 valence electrons. The number of carbonyl (C=O) groups excluding carboxylic acids is 3. The third kappa shape index (κ3) is 3.58. The van der Waals surface area contributed by atoms with Crippen molar-refractivity contribution in [2.75, 3.05) is 38.0 Å². The fourth-order valence-electron chi connectivity index (χ4n) is 3.27. The maximum absolute atomic E-state index is 12.9. The summed E-state index contributed by atoms with van der Waals surface area (Å²) in [4.78, 5) is 41.0. The second-order valence-corrected chi connectivity index (χ2v) is 6.90. The fraction of sp³-hybridized carbons (Fsp3) is 0.526. The molecule has 3 rings (SSSR count). The van der Waals surface area contributed by atoms with Crippen LogP contribution in [0.1, 0.15) is 37.0 Å². The van der Waals surface area contributed by atoms with Gasteiger partial charge in [-0.05, 0) is 50.6 Å². The molecule has 0 radical (unpaired) electrons. The molecule has 2 aliphatic rings. The largest absolute Gasteiger partial charge is 0.339 e. The van der Waals surface area contributed by atoms with Crippen molar-refractivity contribution in [1.82, 2.24) is 9.80 Å². The van der Waals surface area contributed by atoms with Gasteiger partial charge in [0.25, 0.3) is 0 Å². The first-order chi connectivity index (χ1) is 12.0. The van der Waals surface area contributed by atoms with Gasteiger partial charge in [0, 0.05) is 37.4 Å². The van der Waals surface area contributed by atoms with Crippen LogP contribution < -0.4 is 5.32 Å². The predicted octanol–water partition coefficient (Wildman–Crippen LogP) is 1.77. The SMILES string of the molecule is CCN1CCN(C(=O)C2(C(=O)Nc3ccc(C(C)=O)cc3)CC2)CC1. The van der Waals surface area contributed by atoms with E-state index in [4.69, 9.17) is 0 Å². The van der Waals surface area contributed by atoms with Gasteiger partial charge in [0.2, 0.25) is 11.8 Å². The van der Waals surface area contributed by atoms with Crippen LogP contribution in [0.25, 0.3) is 0 Å². The van der Waals surface area contributed by atoms with Crippen molar-refractivity contribution in [3.8, 4) is 0 Å². The van der Waals surface area contributed by atoms with E-state index in [0.29, 0.717) is 37.2 Å². The standard InChI is InChI=1S/C19H25N3O3/c1-3-21-10-12-22(13-11-21)18(25)19(8-9-19)17(24)20-16-6-4-15(5-7-16)14(2)23/h4-7H,3,8-13H2,1-2H3,(H,20,24). The number of hydrogen-bond donors (Lipinski definition) is 1. The van der Waals surface area contributed by atoms with Crippen LogP contribution in [0.3, 0.4) is 0 Å². The van der Waals surface area contributed by atoms with Crippen LogP contribution in [0.4, 0.5) is 5.69 Å². The van der Waals surface area contributed by atoms with Crippen molar-refractivity contribution in [3.05, 3.63) is 29.8 Å². The van der Waals surface area contributed by atoms with Gasteiger partial charge in [-0.2, -0.15) is 0 Å². The summed E-state index contributed by atoms with van der Waals surface area (Å²) in [7, 11) is 0. The topological polar surface area (TPSA) is 69.7 Å². The molecule has 1 aromatic carbocycles. The van der Waals surface area contributed by atoms with E-state index in [1.54, 1.807) is 24.3 Å². The third-order valence-corrected chi connectivity index (χ3v) is 5.25. The van der Waals surface area contributed by atoms with Crippen LogP contribution in [-0.4, -0.2) is 60.1 Å². The van der Waals surface area contributed by atoms with Gasteiger partial charge in [0.1, 0.15) is 5.41 Å². The van der Waals surface area contributed by atoms with Gasteiger partial charge in [0.15, 0.2) is 5.78 Å². The molecule has 1 aromatic rings. The highest BCUT2D eigenvalue weighted by Crippen LogP contribution is 2.48. The summed E-state index contributed by atoms with van der Waals surface area (Å²) in [6.45, 7) is 7.72. The zero-order valence-corrected chi connectivity index (χ0v) is 14.9. The van der Waals surface area contributed by atoms with Crippen LogP contribution in [0.5, 0.6) is 0 Å². The van der Waals surface area contributed by atoms with Gasteiger partial charge in [-0.25, -0.2) is 0 Å². The Labute approximate surface area is 148 Å². The van der Waals surface area contributed by atoms with Gasteiger partial charge in [0.05, 0.1) is 0 Å². The smallest absolute Gasteiger partial charge is 0.240 e. The molecule has 6 heteroatoms. The van der Waals surface area contributed by atoms with E-state index in [-0.39, 0.29) is 17.6 Å². The van der Waals surface area contributed by atoms with Crippen LogP contribution in [-0.2, 0) is 9.59 Å². The summed E-state index contributed by atoms with van der Waals surface area (Å²) in [5, 5.41) is 2.84. The Morgan fingerprint density at radius 2 is 1.64 bits per heavy atom. The maximum atomic E-state index is 12.9. The number of amides is 2. The van der Waals surface area contributed by atoms with E-state index in [1.807, 2.05) is 4.90 Å². The van der Waals surface area contributed by atoms with Crippen molar-refractivity contribution in [1.29, 1.82) is 0 Å². The first-order valence-corrected chi connectivity index (χ1v) is 8.90. The van der Waals surface area contributed by atoms with Crippen molar-refractivity contribution in [2.45, 2.75) is 26.7 Å². The molecule has 2 fully saturated rings. The van der Waals surface area contributed by atoms with Crippen molar-refractivity contribution < 1.29 is 14.4 Å². The Kier molecular flexibility index (Phi) is 4.90. The number of piperazine rings is 1. The van der Waals surface area contributed by atoms with Gasteiger partial charge in [-0.1, -0.05) is 6.92 Å². The Morgan fingerprint density at radius 3 is 2.12 bits per heavy atom. The lowest BCUT2D eigenvalue weighted by molar-refractivity contribution is -0.143. The summed E-state index contributed by atoms with van der Waals surface area (Å²) in [6, 6.07) is 6.77. The summed E-state index contributed by atoms with van der Waals surface area (Å²) < 4.78 is 0. The van der Waals surface area contributed by atoms with Crippen molar-refractivity contribution >= 4 is 23.3 Å². The molecule has 25 heavy (non-hydrogen) atoms. The van der Waals surface area contributed by atoms with Crippen LogP contribution in [0.15, 0.2) is 24.3 Å². The Balaban J connectivity index is 1.63. The molecule has 0 bridgehead atoms. The molecular weight excluding hydrogens is 318 g/mol. The van der Waals surface area contributed by atoms with E-state index in [2.05, 4.69) is 17.1 Å². The second-order valence-electron chi connectivity index (χ2n) is 6.90. The van der Waals surface area contributed by atoms with Crippen LogP contribution in [0, 0.1) is 5.41 Å². The number of nitrogens with zero attached hydrogens (tertiary/aromatic N) is 2. The molecule has 0 aromatic heterocycles. The monoisotopic (exact) mass is 343 g/mol. The van der Waals surface area contributed by atoms with Crippen LogP contribution in [0.2, 0.25) is 0 Å². The summed E-state index contributed by atoms with van der Waals surface area (Å²) >= 11 is 0. The molecule has 0 unspecified atom stereocenters. The number of anilines is 1. The highest BCUT2D eigenvalue weighted by molar-refractivity contribution is 6.13. The van der Waals surface area contributed by atoms with Gasteiger partial charge in [-0.3, -0.25) is 14.4 Å². The van der Waals surface area contributed by atoms with E-state index >= 15 is 0 Å². The number of benzene rings is 1. The zero-order valence-electron chi connectivity index (χ0n) is 14.9. The minimum absolute atomic E-state index is 0.0158. The summed E-state index contributed by atoms with van der Waals surface area (Å²) in [5.74, 6) is -0.287. The van der Waals surface area contributed by atoms with E-state index in [9.17, 15) is 14.4 Å². The van der Waals surface area contributed by atoms with E-state index in [1.165, 1.54) is 6.92 Å². The van der Waals surface area contributed by atoms with Crippen molar-refractivity contribution in [2.24, 2.45) is 5.41 Å². The minimum atomic E-state index is -0.895. The molecule has 6 nitrogen and oxygen atoms in total. The minimum Gasteiger partial charge on any atom is -0.339 e. The lowest BCUT2D eigenvalue weighted by Gasteiger charge is -2.35. The van der Waals surface area contributed by atoms with E-state index in [0.717, 1.165) is 19.6 Å². The second kappa shape index (κ2) is 6.96. The lowest BCUT2D eigenvalue weighted by Crippen LogP contribution is -2.52.